The van der Waals surface area contributed by atoms with Crippen LogP contribution in [0, 0.1) is 5.82 Å². The zero-order valence-electron chi connectivity index (χ0n) is 11.4. The van der Waals surface area contributed by atoms with Crippen LogP contribution in [0.2, 0.25) is 0 Å². The van der Waals surface area contributed by atoms with Gasteiger partial charge in [-0.25, -0.2) is 4.39 Å². The summed E-state index contributed by atoms with van der Waals surface area (Å²) in [7, 11) is 1.43. The van der Waals surface area contributed by atoms with Crippen molar-refractivity contribution in [2.75, 3.05) is 7.11 Å². The maximum atomic E-state index is 13.5. The van der Waals surface area contributed by atoms with Crippen LogP contribution in [0.3, 0.4) is 0 Å². The van der Waals surface area contributed by atoms with E-state index < -0.39 is 5.82 Å². The first-order valence-electron chi connectivity index (χ1n) is 6.62. The summed E-state index contributed by atoms with van der Waals surface area (Å²) in [4.78, 5) is 0. The first-order valence-corrected chi connectivity index (χ1v) is 7.03. The number of ether oxygens (including phenoxy) is 1. The van der Waals surface area contributed by atoms with Crippen LogP contribution in [-0.2, 0) is 0 Å². The van der Waals surface area contributed by atoms with Crippen LogP contribution in [0.5, 0.6) is 5.75 Å². The van der Waals surface area contributed by atoms with E-state index in [1.807, 2.05) is 0 Å². The van der Waals surface area contributed by atoms with Gasteiger partial charge in [0.2, 0.25) is 0 Å². The van der Waals surface area contributed by atoms with Gasteiger partial charge >= 0.3 is 0 Å². The molecule has 0 aromatic heterocycles. The van der Waals surface area contributed by atoms with Crippen molar-refractivity contribution in [3.63, 3.8) is 0 Å². The monoisotopic (exact) mass is 295 g/mol. The van der Waals surface area contributed by atoms with Crippen molar-refractivity contribution in [2.24, 2.45) is 5.10 Å². The summed E-state index contributed by atoms with van der Waals surface area (Å²) < 4.78 is 18.3. The van der Waals surface area contributed by atoms with Crippen LogP contribution in [0.15, 0.2) is 23.3 Å². The van der Waals surface area contributed by atoms with Gasteiger partial charge in [-0.05, 0) is 48.8 Å². The van der Waals surface area contributed by atoms with Gasteiger partial charge in [-0.3, -0.25) is 5.43 Å². The molecule has 2 rings (SSSR count). The second-order valence-electron chi connectivity index (χ2n) is 4.72. The second-order valence-corrected chi connectivity index (χ2v) is 5.13. The Morgan fingerprint density at radius 1 is 1.45 bits per heavy atom. The number of hydrazone groups is 1. The maximum absolute atomic E-state index is 13.5. The molecule has 108 valence electrons. The fourth-order valence-corrected chi connectivity index (χ4v) is 2.44. The molecule has 6 heteroatoms. The molecule has 1 aromatic rings. The summed E-state index contributed by atoms with van der Waals surface area (Å²) in [6, 6.07) is 5.09. The van der Waals surface area contributed by atoms with Crippen molar-refractivity contribution < 1.29 is 9.13 Å². The molecular formula is C14H18FN3OS. The van der Waals surface area contributed by atoms with Crippen LogP contribution in [0.1, 0.15) is 31.2 Å². The minimum Gasteiger partial charge on any atom is -0.494 e. The Balaban J connectivity index is 1.83. The first-order chi connectivity index (χ1) is 9.69. The predicted molar refractivity (Wildman–Crippen MR) is 81.7 cm³/mol. The number of hydrogen-bond acceptors (Lipinski definition) is 3. The van der Waals surface area contributed by atoms with Gasteiger partial charge in [-0.1, -0.05) is 12.8 Å². The van der Waals surface area contributed by atoms with E-state index in [2.05, 4.69) is 15.8 Å². The van der Waals surface area contributed by atoms with Gasteiger partial charge in [0, 0.05) is 6.04 Å². The van der Waals surface area contributed by atoms with Crippen molar-refractivity contribution in [1.82, 2.24) is 10.7 Å². The highest BCUT2D eigenvalue weighted by Gasteiger charge is 2.14. The lowest BCUT2D eigenvalue weighted by Gasteiger charge is -2.13. The third kappa shape index (κ3) is 4.16. The molecule has 2 N–H and O–H groups in total. The normalized spacial score (nSPS) is 15.5. The maximum Gasteiger partial charge on any atom is 0.187 e. The molecule has 20 heavy (non-hydrogen) atoms. The van der Waals surface area contributed by atoms with E-state index >= 15 is 0 Å². The minimum atomic E-state index is -0.414. The van der Waals surface area contributed by atoms with Gasteiger partial charge in [0.1, 0.15) is 0 Å². The van der Waals surface area contributed by atoms with Gasteiger partial charge < -0.3 is 10.1 Å². The smallest absolute Gasteiger partial charge is 0.187 e. The molecule has 0 saturated heterocycles. The molecule has 4 nitrogen and oxygen atoms in total. The van der Waals surface area contributed by atoms with E-state index in [0.29, 0.717) is 16.7 Å². The lowest BCUT2D eigenvalue weighted by atomic mass is 10.2. The molecule has 0 bridgehead atoms. The number of halogens is 1. The Kier molecular flexibility index (Phi) is 5.29. The summed E-state index contributed by atoms with van der Waals surface area (Å²) in [5.74, 6) is -0.198. The molecule has 1 aliphatic rings. The quantitative estimate of drug-likeness (QED) is 0.509. The average Bonchev–Trinajstić information content (AvgIpc) is 2.92. The Labute approximate surface area is 123 Å². The number of nitrogens with zero attached hydrogens (tertiary/aromatic N) is 1. The van der Waals surface area contributed by atoms with Crippen molar-refractivity contribution in [2.45, 2.75) is 31.7 Å². The molecule has 0 radical (unpaired) electrons. The zero-order valence-corrected chi connectivity index (χ0v) is 12.2. The molecule has 0 aliphatic heterocycles. The van der Waals surface area contributed by atoms with E-state index in [1.165, 1.54) is 32.2 Å². The van der Waals surface area contributed by atoms with E-state index in [1.54, 1.807) is 12.1 Å². The van der Waals surface area contributed by atoms with Crippen molar-refractivity contribution >= 4 is 23.5 Å². The molecule has 0 atom stereocenters. The van der Waals surface area contributed by atoms with Crippen molar-refractivity contribution in [1.29, 1.82) is 0 Å². The van der Waals surface area contributed by atoms with Crippen LogP contribution in [0.4, 0.5) is 4.39 Å². The van der Waals surface area contributed by atoms with Gasteiger partial charge in [-0.15, -0.1) is 0 Å². The minimum absolute atomic E-state index is 0.216. The number of benzene rings is 1. The molecule has 0 spiro atoms. The number of rotatable bonds is 4. The summed E-state index contributed by atoms with van der Waals surface area (Å²) >= 11 is 5.14. The molecule has 0 amide bonds. The van der Waals surface area contributed by atoms with E-state index in [0.717, 1.165) is 12.8 Å². The molecule has 1 fully saturated rings. The molecule has 0 heterocycles. The lowest BCUT2D eigenvalue weighted by Crippen LogP contribution is -2.38. The van der Waals surface area contributed by atoms with E-state index in [9.17, 15) is 4.39 Å². The highest BCUT2D eigenvalue weighted by molar-refractivity contribution is 7.80. The fraction of sp³-hybridized carbons (Fsp3) is 0.429. The Hall–Kier alpha value is -1.69. The SMILES string of the molecule is COc1ccc(/C=N\NC(=S)NC2CCCC2)cc1F. The topological polar surface area (TPSA) is 45.6 Å². The molecule has 0 unspecified atom stereocenters. The van der Waals surface area contributed by atoms with E-state index in [-0.39, 0.29) is 5.75 Å². The van der Waals surface area contributed by atoms with Crippen molar-refractivity contribution in [3.05, 3.63) is 29.6 Å². The van der Waals surface area contributed by atoms with Gasteiger partial charge in [0.15, 0.2) is 16.7 Å². The zero-order chi connectivity index (χ0) is 14.4. The summed E-state index contributed by atoms with van der Waals surface area (Å²) in [6.07, 6.45) is 6.30. The van der Waals surface area contributed by atoms with Crippen LogP contribution >= 0.6 is 12.2 Å². The Morgan fingerprint density at radius 3 is 2.85 bits per heavy atom. The molecule has 1 aliphatic carbocycles. The van der Waals surface area contributed by atoms with Crippen LogP contribution < -0.4 is 15.5 Å². The Morgan fingerprint density at radius 2 is 2.20 bits per heavy atom. The highest BCUT2D eigenvalue weighted by atomic mass is 32.1. The third-order valence-electron chi connectivity index (χ3n) is 3.25. The van der Waals surface area contributed by atoms with Crippen molar-refractivity contribution in [3.8, 4) is 5.75 Å². The number of thiocarbonyl (C=S) groups is 1. The number of nitrogens with one attached hydrogen (secondary N) is 2. The van der Waals surface area contributed by atoms with E-state index in [4.69, 9.17) is 17.0 Å². The van der Waals surface area contributed by atoms with Crippen LogP contribution in [0.25, 0.3) is 0 Å². The first kappa shape index (κ1) is 14.7. The van der Waals surface area contributed by atoms with Gasteiger partial charge in [0.05, 0.1) is 13.3 Å². The predicted octanol–water partition coefficient (Wildman–Crippen LogP) is 2.57. The number of hydrogen-bond donors (Lipinski definition) is 2. The summed E-state index contributed by atoms with van der Waals surface area (Å²) in [5, 5.41) is 7.70. The molecule has 1 saturated carbocycles. The molecule has 1 aromatic carbocycles. The average molecular weight is 295 g/mol. The van der Waals surface area contributed by atoms with Gasteiger partial charge in [-0.2, -0.15) is 5.10 Å². The number of methoxy groups -OCH3 is 1. The standard InChI is InChI=1S/C14H18FN3OS/c1-19-13-7-6-10(8-12(13)15)9-16-18-14(20)17-11-4-2-3-5-11/h6-9,11H,2-5H2,1H3,(H2,17,18,20)/b16-9-. The molecular weight excluding hydrogens is 277 g/mol. The lowest BCUT2D eigenvalue weighted by molar-refractivity contribution is 0.386. The van der Waals surface area contributed by atoms with Gasteiger partial charge in [0.25, 0.3) is 0 Å². The van der Waals surface area contributed by atoms with Crippen LogP contribution in [-0.4, -0.2) is 24.5 Å². The Bertz CT molecular complexity index is 501. The summed E-state index contributed by atoms with van der Waals surface area (Å²) in [5.41, 5.74) is 3.38. The third-order valence-corrected chi connectivity index (χ3v) is 3.46. The largest absolute Gasteiger partial charge is 0.494 e. The summed E-state index contributed by atoms with van der Waals surface area (Å²) in [6.45, 7) is 0. The second kappa shape index (κ2) is 7.19. The highest BCUT2D eigenvalue weighted by Crippen LogP contribution is 2.17. The fourth-order valence-electron chi connectivity index (χ4n) is 2.22.